The van der Waals surface area contributed by atoms with E-state index in [0.717, 1.165) is 11.3 Å². The number of carboxylic acids is 1. The third-order valence-electron chi connectivity index (χ3n) is 2.72. The number of sulfone groups is 1. The number of aromatic carboxylic acids is 1. The fourth-order valence-corrected chi connectivity index (χ4v) is 4.24. The molecule has 0 spiro atoms. The molecular weight excluding hydrogens is 278 g/mol. The maximum absolute atomic E-state index is 11.8. The van der Waals surface area contributed by atoms with Gasteiger partial charge in [0.2, 0.25) is 5.91 Å². The van der Waals surface area contributed by atoms with Crippen molar-refractivity contribution in [3.63, 3.8) is 0 Å². The lowest BCUT2D eigenvalue weighted by Gasteiger charge is -2.08. The van der Waals surface area contributed by atoms with E-state index in [0.29, 0.717) is 6.42 Å². The van der Waals surface area contributed by atoms with Gasteiger partial charge in [-0.1, -0.05) is 0 Å². The maximum atomic E-state index is 11.8. The second kappa shape index (κ2) is 4.69. The van der Waals surface area contributed by atoms with Crippen molar-refractivity contribution in [3.05, 3.63) is 16.3 Å². The smallest absolute Gasteiger partial charge is 0.348 e. The van der Waals surface area contributed by atoms with Gasteiger partial charge in [-0.15, -0.1) is 11.3 Å². The van der Waals surface area contributed by atoms with Crippen molar-refractivity contribution in [2.75, 3.05) is 16.8 Å². The first-order chi connectivity index (χ1) is 8.39. The van der Waals surface area contributed by atoms with Crippen molar-refractivity contribution in [2.24, 2.45) is 5.92 Å². The first-order valence-electron chi connectivity index (χ1n) is 5.21. The van der Waals surface area contributed by atoms with E-state index in [1.54, 1.807) is 5.38 Å². The van der Waals surface area contributed by atoms with Crippen LogP contribution in [-0.2, 0) is 14.6 Å². The summed E-state index contributed by atoms with van der Waals surface area (Å²) in [4.78, 5) is 22.7. The number of anilines is 1. The van der Waals surface area contributed by atoms with Gasteiger partial charge in [-0.2, -0.15) is 0 Å². The Morgan fingerprint density at radius 3 is 2.72 bits per heavy atom. The molecule has 0 bridgehead atoms. The molecule has 1 amide bonds. The largest absolute Gasteiger partial charge is 0.477 e. The number of carbonyl (C=O) groups excluding carboxylic acids is 1. The molecule has 98 valence electrons. The molecule has 1 saturated heterocycles. The van der Waals surface area contributed by atoms with Crippen molar-refractivity contribution in [3.8, 4) is 0 Å². The molecular formula is C10H11NO5S2. The van der Waals surface area contributed by atoms with E-state index in [9.17, 15) is 18.0 Å². The summed E-state index contributed by atoms with van der Waals surface area (Å²) in [5.74, 6) is -2.28. The minimum atomic E-state index is -3.12. The van der Waals surface area contributed by atoms with Crippen molar-refractivity contribution >= 4 is 38.7 Å². The molecule has 0 saturated carbocycles. The summed E-state index contributed by atoms with van der Waals surface area (Å²) in [5.41, 5.74) is 0.224. The highest BCUT2D eigenvalue weighted by Crippen LogP contribution is 2.25. The van der Waals surface area contributed by atoms with Crippen LogP contribution in [0.5, 0.6) is 0 Å². The molecule has 0 aliphatic carbocycles. The molecule has 2 heterocycles. The quantitative estimate of drug-likeness (QED) is 0.858. The van der Waals surface area contributed by atoms with Gasteiger partial charge in [-0.25, -0.2) is 13.2 Å². The fourth-order valence-electron chi connectivity index (χ4n) is 1.81. The van der Waals surface area contributed by atoms with Gasteiger partial charge in [-0.05, 0) is 17.9 Å². The molecule has 1 aliphatic heterocycles. The van der Waals surface area contributed by atoms with Crippen LogP contribution in [0.25, 0.3) is 0 Å². The van der Waals surface area contributed by atoms with Crippen molar-refractivity contribution in [2.45, 2.75) is 6.42 Å². The molecule has 1 aliphatic rings. The Balaban J connectivity index is 2.08. The summed E-state index contributed by atoms with van der Waals surface area (Å²) >= 11 is 1.01. The Bertz CT molecular complexity index is 589. The summed E-state index contributed by atoms with van der Waals surface area (Å²) in [5, 5.41) is 12.9. The number of carbonyl (C=O) groups is 2. The summed E-state index contributed by atoms with van der Waals surface area (Å²) in [6, 6.07) is 1.50. The van der Waals surface area contributed by atoms with Gasteiger partial charge in [-0.3, -0.25) is 4.79 Å². The summed E-state index contributed by atoms with van der Waals surface area (Å²) in [6.45, 7) is 0. The predicted octanol–water partition coefficient (Wildman–Crippen LogP) is 0.819. The molecule has 8 heteroatoms. The zero-order valence-electron chi connectivity index (χ0n) is 9.25. The molecule has 1 atom stereocenters. The van der Waals surface area contributed by atoms with Crippen LogP contribution >= 0.6 is 11.3 Å². The van der Waals surface area contributed by atoms with E-state index < -0.39 is 27.6 Å². The van der Waals surface area contributed by atoms with Gasteiger partial charge in [0.05, 0.1) is 23.1 Å². The average Bonchev–Trinajstić information content (AvgIpc) is 2.84. The zero-order chi connectivity index (χ0) is 13.3. The minimum Gasteiger partial charge on any atom is -0.477 e. The van der Waals surface area contributed by atoms with Crippen molar-refractivity contribution < 1.29 is 23.1 Å². The van der Waals surface area contributed by atoms with Gasteiger partial charge in [0.25, 0.3) is 0 Å². The van der Waals surface area contributed by atoms with Crippen LogP contribution in [-0.4, -0.2) is 36.9 Å². The minimum absolute atomic E-state index is 0.0144. The monoisotopic (exact) mass is 289 g/mol. The molecule has 2 rings (SSSR count). The van der Waals surface area contributed by atoms with Crippen molar-refractivity contribution in [1.82, 2.24) is 0 Å². The topological polar surface area (TPSA) is 101 Å². The highest BCUT2D eigenvalue weighted by Gasteiger charge is 2.33. The average molecular weight is 289 g/mol. The molecule has 1 fully saturated rings. The zero-order valence-corrected chi connectivity index (χ0v) is 10.9. The normalized spacial score (nSPS) is 21.7. The summed E-state index contributed by atoms with van der Waals surface area (Å²) < 4.78 is 22.5. The molecule has 0 radical (unpaired) electrons. The Morgan fingerprint density at radius 1 is 1.44 bits per heavy atom. The molecule has 1 aromatic heterocycles. The Hall–Kier alpha value is -1.41. The van der Waals surface area contributed by atoms with Gasteiger partial charge in [0, 0.05) is 0 Å². The van der Waals surface area contributed by atoms with E-state index in [1.807, 2.05) is 0 Å². The second-order valence-corrected chi connectivity index (χ2v) is 7.20. The lowest BCUT2D eigenvalue weighted by molar-refractivity contribution is -0.119. The fraction of sp³-hybridized carbons (Fsp3) is 0.400. The lowest BCUT2D eigenvalue weighted by Crippen LogP contribution is -2.24. The summed E-state index contributed by atoms with van der Waals surface area (Å²) in [6.07, 6.45) is 0.292. The van der Waals surface area contributed by atoms with Gasteiger partial charge in [0.1, 0.15) is 4.88 Å². The first kappa shape index (κ1) is 13.0. The number of rotatable bonds is 3. The Kier molecular flexibility index (Phi) is 3.40. The highest BCUT2D eigenvalue weighted by molar-refractivity contribution is 7.91. The number of hydrogen-bond acceptors (Lipinski definition) is 5. The van der Waals surface area contributed by atoms with Crippen LogP contribution in [0.3, 0.4) is 0 Å². The number of hydrogen-bond donors (Lipinski definition) is 2. The van der Waals surface area contributed by atoms with Crippen LogP contribution in [0.2, 0.25) is 0 Å². The van der Waals surface area contributed by atoms with E-state index in [4.69, 9.17) is 5.11 Å². The van der Waals surface area contributed by atoms with E-state index in [-0.39, 0.29) is 22.1 Å². The Labute approximate surface area is 108 Å². The Morgan fingerprint density at radius 2 is 2.17 bits per heavy atom. The van der Waals surface area contributed by atoms with E-state index in [1.165, 1.54) is 6.07 Å². The molecule has 2 N–H and O–H groups in total. The van der Waals surface area contributed by atoms with Crippen LogP contribution in [0, 0.1) is 5.92 Å². The number of amides is 1. The number of thiophene rings is 1. The predicted molar refractivity (Wildman–Crippen MR) is 66.7 cm³/mol. The van der Waals surface area contributed by atoms with E-state index >= 15 is 0 Å². The highest BCUT2D eigenvalue weighted by atomic mass is 32.2. The van der Waals surface area contributed by atoms with Crippen molar-refractivity contribution in [1.29, 1.82) is 0 Å². The molecule has 1 unspecified atom stereocenters. The van der Waals surface area contributed by atoms with Crippen LogP contribution < -0.4 is 5.32 Å². The molecule has 6 nitrogen and oxygen atoms in total. The van der Waals surface area contributed by atoms with Gasteiger partial charge >= 0.3 is 5.97 Å². The molecule has 1 aromatic rings. The number of carboxylic acid groups (broad SMARTS) is 1. The van der Waals surface area contributed by atoms with Crippen LogP contribution in [0.1, 0.15) is 16.1 Å². The second-order valence-electron chi connectivity index (χ2n) is 4.06. The first-order valence-corrected chi connectivity index (χ1v) is 7.91. The summed E-state index contributed by atoms with van der Waals surface area (Å²) in [7, 11) is -3.12. The number of nitrogens with one attached hydrogen (secondary N) is 1. The maximum Gasteiger partial charge on any atom is 0.348 e. The third kappa shape index (κ3) is 2.70. The third-order valence-corrected chi connectivity index (χ3v) is 5.39. The van der Waals surface area contributed by atoms with Gasteiger partial charge < -0.3 is 10.4 Å². The van der Waals surface area contributed by atoms with Gasteiger partial charge in [0.15, 0.2) is 9.84 Å². The molecule has 18 heavy (non-hydrogen) atoms. The van der Waals surface area contributed by atoms with Crippen LogP contribution in [0.4, 0.5) is 5.69 Å². The van der Waals surface area contributed by atoms with Crippen LogP contribution in [0.15, 0.2) is 11.4 Å². The standard InChI is InChI=1S/C10H11NO5S2/c12-9(6-2-4-18(15,16)5-6)11-7-1-3-17-8(7)10(13)14/h1,3,6H,2,4-5H2,(H,11,12)(H,13,14). The SMILES string of the molecule is O=C(O)c1sccc1NC(=O)C1CCS(=O)(=O)C1. The lowest BCUT2D eigenvalue weighted by atomic mass is 10.1. The van der Waals surface area contributed by atoms with E-state index in [2.05, 4.69) is 5.32 Å². The molecule has 0 aromatic carbocycles.